The van der Waals surface area contributed by atoms with Crippen molar-refractivity contribution in [3.05, 3.63) is 65.8 Å². The van der Waals surface area contributed by atoms with Crippen LogP contribution in [0, 0.1) is 5.82 Å². The molecule has 0 atom stereocenters. The highest BCUT2D eigenvalue weighted by molar-refractivity contribution is 7.17. The zero-order valence-corrected chi connectivity index (χ0v) is 12.3. The molecule has 2 aliphatic rings. The van der Waals surface area contributed by atoms with Gasteiger partial charge in [-0.3, -0.25) is 0 Å². The van der Waals surface area contributed by atoms with Crippen LogP contribution in [-0.2, 0) is 0 Å². The van der Waals surface area contributed by atoms with Gasteiger partial charge in [-0.25, -0.2) is 9.37 Å². The minimum absolute atomic E-state index is 0.179. The summed E-state index contributed by atoms with van der Waals surface area (Å²) in [5.41, 5.74) is 2.96. The molecular formula is C19H10FNS. The number of hydrogen-bond acceptors (Lipinski definition) is 2. The van der Waals surface area contributed by atoms with Crippen molar-refractivity contribution in [2.45, 2.75) is 0 Å². The number of rotatable bonds is 0. The minimum Gasteiger partial charge on any atom is -0.247 e. The van der Waals surface area contributed by atoms with E-state index in [2.05, 4.69) is 18.2 Å². The number of aromatic nitrogens is 1. The highest BCUT2D eigenvalue weighted by atomic mass is 32.1. The highest BCUT2D eigenvalue weighted by Gasteiger charge is 2.18. The quantitative estimate of drug-likeness (QED) is 0.350. The molecule has 0 N–H and O–H groups in total. The van der Waals surface area contributed by atoms with Crippen LogP contribution in [0.2, 0.25) is 0 Å². The Morgan fingerprint density at radius 2 is 1.73 bits per heavy atom. The SMILES string of the molecule is Fc1cccc2c3nc4ccc5ccccc5c4c-3csc12. The van der Waals surface area contributed by atoms with Gasteiger partial charge in [0.05, 0.1) is 15.9 Å². The maximum absolute atomic E-state index is 14.0. The van der Waals surface area contributed by atoms with Crippen LogP contribution in [0.15, 0.2) is 60.0 Å². The molecule has 104 valence electrons. The van der Waals surface area contributed by atoms with E-state index in [1.165, 1.54) is 28.2 Å². The highest BCUT2D eigenvalue weighted by Crippen LogP contribution is 2.41. The van der Waals surface area contributed by atoms with Gasteiger partial charge >= 0.3 is 0 Å². The average Bonchev–Trinajstić information content (AvgIpc) is 2.94. The van der Waals surface area contributed by atoms with Crippen LogP contribution in [0.4, 0.5) is 4.39 Å². The normalized spacial score (nSPS) is 11.9. The van der Waals surface area contributed by atoms with Crippen molar-refractivity contribution in [3.8, 4) is 11.3 Å². The summed E-state index contributed by atoms with van der Waals surface area (Å²) in [5.74, 6) is -0.179. The van der Waals surface area contributed by atoms with Gasteiger partial charge in [-0.05, 0) is 22.9 Å². The molecule has 1 nitrogen and oxygen atoms in total. The smallest absolute Gasteiger partial charge is 0.141 e. The van der Waals surface area contributed by atoms with Crippen LogP contribution >= 0.6 is 11.3 Å². The molecule has 0 unspecified atom stereocenters. The van der Waals surface area contributed by atoms with Gasteiger partial charge in [0.25, 0.3) is 0 Å². The topological polar surface area (TPSA) is 12.9 Å². The largest absolute Gasteiger partial charge is 0.247 e. The number of fused-ring (bicyclic) bond motifs is 7. The summed E-state index contributed by atoms with van der Waals surface area (Å²) in [5, 5.41) is 6.49. The molecule has 0 saturated heterocycles. The first kappa shape index (κ1) is 12.1. The fourth-order valence-electron chi connectivity index (χ4n) is 3.19. The number of hydrogen-bond donors (Lipinski definition) is 0. The predicted octanol–water partition coefficient (Wildman–Crippen LogP) is 5.85. The molecule has 3 aromatic carbocycles. The molecular weight excluding hydrogens is 293 g/mol. The maximum atomic E-state index is 14.0. The molecule has 2 heterocycles. The second kappa shape index (κ2) is 4.24. The van der Waals surface area contributed by atoms with Crippen molar-refractivity contribution in [1.29, 1.82) is 0 Å². The second-order valence-electron chi connectivity index (χ2n) is 5.41. The Kier molecular flexibility index (Phi) is 2.33. The average molecular weight is 303 g/mol. The lowest BCUT2D eigenvalue weighted by Gasteiger charge is -2.05. The van der Waals surface area contributed by atoms with Crippen molar-refractivity contribution in [2.24, 2.45) is 0 Å². The summed E-state index contributed by atoms with van der Waals surface area (Å²) in [6, 6.07) is 17.7. The third-order valence-electron chi connectivity index (χ3n) is 4.18. The fourth-order valence-corrected chi connectivity index (χ4v) is 4.13. The van der Waals surface area contributed by atoms with Crippen LogP contribution in [-0.4, -0.2) is 4.98 Å². The Hall–Kier alpha value is -2.52. The van der Waals surface area contributed by atoms with E-state index in [1.807, 2.05) is 29.6 Å². The van der Waals surface area contributed by atoms with Gasteiger partial charge in [-0.1, -0.05) is 42.5 Å². The Morgan fingerprint density at radius 1 is 0.864 bits per heavy atom. The second-order valence-corrected chi connectivity index (χ2v) is 6.29. The molecule has 0 spiro atoms. The molecule has 3 heteroatoms. The van der Waals surface area contributed by atoms with Gasteiger partial charge in [0.1, 0.15) is 5.82 Å². The van der Waals surface area contributed by atoms with Crippen molar-refractivity contribution < 1.29 is 4.39 Å². The van der Waals surface area contributed by atoms with Crippen LogP contribution in [0.1, 0.15) is 0 Å². The van der Waals surface area contributed by atoms with E-state index in [1.54, 1.807) is 6.07 Å². The lowest BCUT2D eigenvalue weighted by atomic mass is 10.0. The zero-order chi connectivity index (χ0) is 14.7. The standard InChI is InChI=1S/C19H10FNS/c20-15-7-3-6-13-18-14(10-22-19(13)15)17-12-5-2-1-4-11(12)8-9-16(17)21-18/h1-10H. The van der Waals surface area contributed by atoms with E-state index in [0.717, 1.165) is 27.5 Å². The van der Waals surface area contributed by atoms with Crippen LogP contribution < -0.4 is 0 Å². The molecule has 0 fully saturated rings. The molecule has 2 aliphatic heterocycles. The summed E-state index contributed by atoms with van der Waals surface area (Å²) >= 11 is 1.45. The minimum atomic E-state index is -0.179. The van der Waals surface area contributed by atoms with Crippen LogP contribution in [0.5, 0.6) is 0 Å². The number of benzene rings is 3. The van der Waals surface area contributed by atoms with E-state index in [4.69, 9.17) is 4.98 Å². The Labute approximate surface area is 130 Å². The Morgan fingerprint density at radius 3 is 2.68 bits per heavy atom. The van der Waals surface area contributed by atoms with Crippen molar-refractivity contribution in [2.75, 3.05) is 0 Å². The van der Waals surface area contributed by atoms with Gasteiger partial charge in [-0.2, -0.15) is 0 Å². The first-order valence-electron chi connectivity index (χ1n) is 7.10. The van der Waals surface area contributed by atoms with Gasteiger partial charge in [0.15, 0.2) is 0 Å². The molecule has 0 amide bonds. The first-order valence-corrected chi connectivity index (χ1v) is 7.98. The van der Waals surface area contributed by atoms with Gasteiger partial charge in [0, 0.05) is 21.7 Å². The van der Waals surface area contributed by atoms with Gasteiger partial charge < -0.3 is 0 Å². The number of nitrogens with zero attached hydrogens (tertiary/aromatic N) is 1. The van der Waals surface area contributed by atoms with Crippen molar-refractivity contribution in [1.82, 2.24) is 4.98 Å². The molecule has 0 radical (unpaired) electrons. The third kappa shape index (κ3) is 1.49. The summed E-state index contributed by atoms with van der Waals surface area (Å²) in [7, 11) is 0. The lowest BCUT2D eigenvalue weighted by Crippen LogP contribution is -1.82. The van der Waals surface area contributed by atoms with Crippen molar-refractivity contribution in [3.63, 3.8) is 0 Å². The summed E-state index contributed by atoms with van der Waals surface area (Å²) in [6.45, 7) is 0. The molecule has 0 aliphatic carbocycles. The fraction of sp³-hybridized carbons (Fsp3) is 0. The summed E-state index contributed by atoms with van der Waals surface area (Å²) in [4.78, 5) is 4.77. The molecule has 22 heavy (non-hydrogen) atoms. The number of halogens is 1. The third-order valence-corrected chi connectivity index (χ3v) is 5.18. The Bertz CT molecular complexity index is 1140. The van der Waals surface area contributed by atoms with Crippen molar-refractivity contribution >= 4 is 43.1 Å². The molecule has 5 rings (SSSR count). The van der Waals surface area contributed by atoms with Gasteiger partial charge in [-0.15, -0.1) is 11.3 Å². The van der Waals surface area contributed by atoms with E-state index in [9.17, 15) is 4.39 Å². The molecule has 0 bridgehead atoms. The van der Waals surface area contributed by atoms with Crippen LogP contribution in [0.25, 0.3) is 43.0 Å². The molecule has 3 aromatic rings. The maximum Gasteiger partial charge on any atom is 0.141 e. The predicted molar refractivity (Wildman–Crippen MR) is 91.2 cm³/mol. The molecule has 0 saturated carbocycles. The van der Waals surface area contributed by atoms with E-state index in [0.29, 0.717) is 4.70 Å². The zero-order valence-electron chi connectivity index (χ0n) is 11.5. The summed E-state index contributed by atoms with van der Waals surface area (Å²) < 4.78 is 14.7. The van der Waals surface area contributed by atoms with E-state index >= 15 is 0 Å². The van der Waals surface area contributed by atoms with E-state index in [-0.39, 0.29) is 5.82 Å². The monoisotopic (exact) mass is 303 g/mol. The van der Waals surface area contributed by atoms with Gasteiger partial charge in [0.2, 0.25) is 0 Å². The van der Waals surface area contributed by atoms with Crippen LogP contribution in [0.3, 0.4) is 0 Å². The lowest BCUT2D eigenvalue weighted by molar-refractivity contribution is 0.641. The molecule has 0 aromatic heterocycles. The van der Waals surface area contributed by atoms with E-state index < -0.39 is 0 Å². The Balaban J connectivity index is 2.05. The first-order chi connectivity index (χ1) is 10.8. The summed E-state index contributed by atoms with van der Waals surface area (Å²) in [6.07, 6.45) is 0.